The lowest BCUT2D eigenvalue weighted by Gasteiger charge is -2.12. The van der Waals surface area contributed by atoms with Crippen LogP contribution in [0.2, 0.25) is 0 Å². The van der Waals surface area contributed by atoms with Crippen molar-refractivity contribution >= 4 is 15.9 Å². The second kappa shape index (κ2) is 4.45. The molecule has 1 aliphatic carbocycles. The topological polar surface area (TPSA) is 20.2 Å². The Morgan fingerprint density at radius 3 is 2.80 bits per heavy atom. The van der Waals surface area contributed by atoms with Crippen LogP contribution in [0, 0.1) is 5.82 Å². The average molecular weight is 271 g/mol. The molecule has 15 heavy (non-hydrogen) atoms. The monoisotopic (exact) mass is 270 g/mol. The van der Waals surface area contributed by atoms with Gasteiger partial charge < -0.3 is 5.11 Å². The van der Waals surface area contributed by atoms with Crippen LogP contribution < -0.4 is 0 Å². The van der Waals surface area contributed by atoms with Gasteiger partial charge in [0.1, 0.15) is 11.9 Å². The van der Waals surface area contributed by atoms with Crippen molar-refractivity contribution in [3.63, 3.8) is 0 Å². The minimum absolute atomic E-state index is 0.300. The Morgan fingerprint density at radius 1 is 1.40 bits per heavy atom. The highest BCUT2D eigenvalue weighted by Crippen LogP contribution is 2.31. The maximum absolute atomic E-state index is 13.0. The number of rotatable bonds is 2. The summed E-state index contributed by atoms with van der Waals surface area (Å²) in [6, 6.07) is 4.64. The Bertz CT molecular complexity index is 401. The van der Waals surface area contributed by atoms with Crippen molar-refractivity contribution in [2.75, 3.05) is 0 Å². The molecule has 1 atom stereocenters. The highest BCUT2D eigenvalue weighted by molar-refractivity contribution is 9.10. The molecular formula is C12H12BrFO. The lowest BCUT2D eigenvalue weighted by Crippen LogP contribution is -2.00. The van der Waals surface area contributed by atoms with Crippen molar-refractivity contribution in [2.45, 2.75) is 25.4 Å². The molecule has 0 aliphatic heterocycles. The normalized spacial score (nSPS) is 17.7. The van der Waals surface area contributed by atoms with Gasteiger partial charge in [-0.2, -0.15) is 0 Å². The first-order chi connectivity index (χ1) is 7.18. The van der Waals surface area contributed by atoms with E-state index in [2.05, 4.69) is 22.0 Å². The Hall–Kier alpha value is -0.670. The molecule has 1 aromatic rings. The molecule has 1 unspecified atom stereocenters. The van der Waals surface area contributed by atoms with Gasteiger partial charge in [0, 0.05) is 0 Å². The number of benzene rings is 1. The maximum Gasteiger partial charge on any atom is 0.137 e. The summed E-state index contributed by atoms with van der Waals surface area (Å²) in [4.78, 5) is 0. The first-order valence-electron chi connectivity index (χ1n) is 5.00. The molecule has 1 N–H and O–H groups in total. The van der Waals surface area contributed by atoms with Crippen LogP contribution in [0.25, 0.3) is 0 Å². The Morgan fingerprint density at radius 2 is 2.20 bits per heavy atom. The molecule has 0 bridgehead atoms. The number of aliphatic hydroxyl groups is 1. The van der Waals surface area contributed by atoms with Gasteiger partial charge in [0.2, 0.25) is 0 Å². The highest BCUT2D eigenvalue weighted by atomic mass is 79.9. The van der Waals surface area contributed by atoms with Crippen molar-refractivity contribution in [3.05, 3.63) is 45.7 Å². The number of allylic oxidation sites excluding steroid dienone is 1. The van der Waals surface area contributed by atoms with Gasteiger partial charge >= 0.3 is 0 Å². The molecule has 3 heteroatoms. The van der Waals surface area contributed by atoms with E-state index in [4.69, 9.17) is 0 Å². The Balaban J connectivity index is 2.25. The first kappa shape index (κ1) is 10.8. The minimum Gasteiger partial charge on any atom is -0.384 e. The van der Waals surface area contributed by atoms with Crippen molar-refractivity contribution in [1.82, 2.24) is 0 Å². The van der Waals surface area contributed by atoms with E-state index in [1.54, 1.807) is 12.1 Å². The number of hydrogen-bond donors (Lipinski definition) is 1. The molecule has 1 nitrogen and oxygen atoms in total. The predicted octanol–water partition coefficient (Wildman–Crippen LogP) is 3.73. The van der Waals surface area contributed by atoms with E-state index in [9.17, 15) is 9.50 Å². The number of hydrogen-bond acceptors (Lipinski definition) is 1. The molecule has 0 fully saturated rings. The average Bonchev–Trinajstić information content (AvgIpc) is 2.74. The van der Waals surface area contributed by atoms with Gasteiger partial charge in [-0.05, 0) is 58.5 Å². The summed E-state index contributed by atoms with van der Waals surface area (Å²) in [5.41, 5.74) is 1.80. The lowest BCUT2D eigenvalue weighted by atomic mass is 10.0. The molecule has 2 rings (SSSR count). The second-order valence-electron chi connectivity index (χ2n) is 3.75. The van der Waals surface area contributed by atoms with Crippen molar-refractivity contribution in [2.24, 2.45) is 0 Å². The van der Waals surface area contributed by atoms with Gasteiger partial charge in [0.15, 0.2) is 0 Å². The largest absolute Gasteiger partial charge is 0.384 e. The molecule has 1 aliphatic rings. The number of halogens is 2. The lowest BCUT2D eigenvalue weighted by molar-refractivity contribution is 0.212. The molecular weight excluding hydrogens is 259 g/mol. The van der Waals surface area contributed by atoms with E-state index >= 15 is 0 Å². The molecule has 0 saturated carbocycles. The van der Waals surface area contributed by atoms with Gasteiger partial charge in [-0.3, -0.25) is 0 Å². The summed E-state index contributed by atoms with van der Waals surface area (Å²) in [6.07, 6.45) is 4.58. The summed E-state index contributed by atoms with van der Waals surface area (Å²) in [5, 5.41) is 10.0. The quantitative estimate of drug-likeness (QED) is 0.812. The Kier molecular flexibility index (Phi) is 3.22. The minimum atomic E-state index is -0.579. The smallest absolute Gasteiger partial charge is 0.137 e. The van der Waals surface area contributed by atoms with Crippen molar-refractivity contribution in [3.8, 4) is 0 Å². The molecule has 0 aromatic heterocycles. The van der Waals surface area contributed by atoms with Crippen LogP contribution >= 0.6 is 15.9 Å². The van der Waals surface area contributed by atoms with E-state index in [1.807, 2.05) is 0 Å². The van der Waals surface area contributed by atoms with Gasteiger partial charge in [-0.15, -0.1) is 0 Å². The summed E-state index contributed by atoms with van der Waals surface area (Å²) >= 11 is 3.12. The third kappa shape index (κ3) is 2.29. The van der Waals surface area contributed by atoms with E-state index in [-0.39, 0.29) is 5.82 Å². The van der Waals surface area contributed by atoms with E-state index in [1.165, 1.54) is 6.07 Å². The fourth-order valence-electron chi connectivity index (χ4n) is 1.84. The summed E-state index contributed by atoms with van der Waals surface area (Å²) in [7, 11) is 0. The van der Waals surface area contributed by atoms with E-state index in [0.717, 1.165) is 30.4 Å². The predicted molar refractivity (Wildman–Crippen MR) is 61.0 cm³/mol. The molecule has 0 radical (unpaired) electrons. The zero-order valence-electron chi connectivity index (χ0n) is 8.21. The van der Waals surface area contributed by atoms with Gasteiger partial charge in [-0.1, -0.05) is 12.1 Å². The van der Waals surface area contributed by atoms with Gasteiger partial charge in [0.25, 0.3) is 0 Å². The van der Waals surface area contributed by atoms with E-state index < -0.39 is 6.10 Å². The molecule has 0 amide bonds. The fraction of sp³-hybridized carbons (Fsp3) is 0.333. The third-order valence-electron chi connectivity index (χ3n) is 2.69. The zero-order valence-corrected chi connectivity index (χ0v) is 9.80. The van der Waals surface area contributed by atoms with E-state index in [0.29, 0.717) is 4.47 Å². The van der Waals surface area contributed by atoms with Crippen molar-refractivity contribution in [1.29, 1.82) is 0 Å². The van der Waals surface area contributed by atoms with Crippen LogP contribution in [0.3, 0.4) is 0 Å². The maximum atomic E-state index is 13.0. The van der Waals surface area contributed by atoms with Crippen LogP contribution in [0.4, 0.5) is 4.39 Å². The molecule has 0 heterocycles. The van der Waals surface area contributed by atoms with Crippen LogP contribution in [0.5, 0.6) is 0 Å². The molecule has 1 aromatic carbocycles. The SMILES string of the molecule is OC(C1=CCCC1)c1ccc(F)c(Br)c1. The van der Waals surface area contributed by atoms with Crippen LogP contribution in [-0.4, -0.2) is 5.11 Å². The van der Waals surface area contributed by atoms with Crippen molar-refractivity contribution < 1.29 is 9.50 Å². The van der Waals surface area contributed by atoms with Crippen LogP contribution in [0.1, 0.15) is 30.9 Å². The summed E-state index contributed by atoms with van der Waals surface area (Å²) < 4.78 is 13.4. The fourth-order valence-corrected chi connectivity index (χ4v) is 2.24. The molecule has 0 saturated heterocycles. The zero-order chi connectivity index (χ0) is 10.8. The Labute approximate surface area is 96.8 Å². The second-order valence-corrected chi connectivity index (χ2v) is 4.60. The van der Waals surface area contributed by atoms with Gasteiger partial charge in [-0.25, -0.2) is 4.39 Å². The summed E-state index contributed by atoms with van der Waals surface area (Å²) in [6.45, 7) is 0. The third-order valence-corrected chi connectivity index (χ3v) is 3.29. The summed E-state index contributed by atoms with van der Waals surface area (Å²) in [5.74, 6) is -0.300. The highest BCUT2D eigenvalue weighted by Gasteiger charge is 2.16. The first-order valence-corrected chi connectivity index (χ1v) is 5.80. The molecule has 0 spiro atoms. The molecule has 80 valence electrons. The standard InChI is InChI=1S/C12H12BrFO/c13-10-7-9(5-6-11(10)14)12(15)8-3-1-2-4-8/h3,5-7,12,15H,1-2,4H2. The van der Waals surface area contributed by atoms with Gasteiger partial charge in [0.05, 0.1) is 4.47 Å². The van der Waals surface area contributed by atoms with Crippen LogP contribution in [-0.2, 0) is 0 Å². The number of aliphatic hydroxyl groups excluding tert-OH is 1. The van der Waals surface area contributed by atoms with Crippen LogP contribution in [0.15, 0.2) is 34.3 Å².